The standard InChI is InChI=1S/C15H18FNO3/c1-9-3-4-11(7-13(9)16)14(18)17(12-5-6-12)8-10(2)15(19)20/h3-4,7,10,12H,5-6,8H2,1-2H3,(H,19,20)/t10-/m1/s1. The predicted molar refractivity (Wildman–Crippen MR) is 72.0 cm³/mol. The monoisotopic (exact) mass is 279 g/mol. The van der Waals surface area contributed by atoms with E-state index in [0.717, 1.165) is 12.8 Å². The molecule has 5 heteroatoms. The van der Waals surface area contributed by atoms with E-state index in [4.69, 9.17) is 5.11 Å². The maximum absolute atomic E-state index is 13.5. The van der Waals surface area contributed by atoms with Crippen LogP contribution in [0.5, 0.6) is 0 Å². The molecule has 1 saturated carbocycles. The van der Waals surface area contributed by atoms with Crippen LogP contribution in [0.2, 0.25) is 0 Å². The Kier molecular flexibility index (Phi) is 4.06. The number of aliphatic carboxylic acids is 1. The minimum atomic E-state index is -0.932. The van der Waals surface area contributed by atoms with Crippen molar-refractivity contribution in [1.29, 1.82) is 0 Å². The van der Waals surface area contributed by atoms with Crippen LogP contribution in [0, 0.1) is 18.7 Å². The van der Waals surface area contributed by atoms with Gasteiger partial charge in [0.2, 0.25) is 0 Å². The Morgan fingerprint density at radius 1 is 1.45 bits per heavy atom. The first kappa shape index (κ1) is 14.5. The number of hydrogen-bond acceptors (Lipinski definition) is 2. The van der Waals surface area contributed by atoms with Gasteiger partial charge in [0.1, 0.15) is 5.82 Å². The van der Waals surface area contributed by atoms with Gasteiger partial charge in [0, 0.05) is 18.2 Å². The number of carbonyl (C=O) groups excluding carboxylic acids is 1. The van der Waals surface area contributed by atoms with Crippen molar-refractivity contribution in [2.24, 2.45) is 5.92 Å². The highest BCUT2D eigenvalue weighted by Crippen LogP contribution is 2.29. The van der Waals surface area contributed by atoms with Gasteiger partial charge < -0.3 is 10.0 Å². The molecule has 108 valence electrons. The van der Waals surface area contributed by atoms with Gasteiger partial charge in [-0.2, -0.15) is 0 Å². The van der Waals surface area contributed by atoms with Crippen molar-refractivity contribution in [3.63, 3.8) is 0 Å². The Bertz CT molecular complexity index is 540. The third-order valence-corrected chi connectivity index (χ3v) is 3.56. The third kappa shape index (κ3) is 3.15. The Morgan fingerprint density at radius 3 is 2.60 bits per heavy atom. The van der Waals surface area contributed by atoms with Gasteiger partial charge in [-0.05, 0) is 37.5 Å². The van der Waals surface area contributed by atoms with Crippen molar-refractivity contribution in [1.82, 2.24) is 4.90 Å². The average molecular weight is 279 g/mol. The summed E-state index contributed by atoms with van der Waals surface area (Å²) in [6.07, 6.45) is 1.76. The van der Waals surface area contributed by atoms with Gasteiger partial charge in [0.15, 0.2) is 0 Å². The van der Waals surface area contributed by atoms with Crippen molar-refractivity contribution in [2.75, 3.05) is 6.54 Å². The van der Waals surface area contributed by atoms with Gasteiger partial charge in [-0.15, -0.1) is 0 Å². The average Bonchev–Trinajstić information content (AvgIpc) is 3.22. The highest BCUT2D eigenvalue weighted by atomic mass is 19.1. The summed E-state index contributed by atoms with van der Waals surface area (Å²) in [6, 6.07) is 4.46. The Hall–Kier alpha value is -1.91. The summed E-state index contributed by atoms with van der Waals surface area (Å²) in [7, 11) is 0. The lowest BCUT2D eigenvalue weighted by Gasteiger charge is -2.24. The first-order chi connectivity index (χ1) is 9.40. The summed E-state index contributed by atoms with van der Waals surface area (Å²) in [4.78, 5) is 24.9. The van der Waals surface area contributed by atoms with Gasteiger partial charge in [-0.25, -0.2) is 4.39 Å². The van der Waals surface area contributed by atoms with E-state index in [1.54, 1.807) is 30.9 Å². The molecule has 1 aromatic rings. The van der Waals surface area contributed by atoms with Crippen LogP contribution >= 0.6 is 0 Å². The van der Waals surface area contributed by atoms with Crippen LogP contribution in [0.4, 0.5) is 4.39 Å². The molecule has 0 heterocycles. The number of rotatable bonds is 5. The minimum absolute atomic E-state index is 0.0914. The number of nitrogens with zero attached hydrogens (tertiary/aromatic N) is 1. The van der Waals surface area contributed by atoms with Crippen LogP contribution in [-0.2, 0) is 4.79 Å². The highest BCUT2D eigenvalue weighted by Gasteiger charge is 2.35. The van der Waals surface area contributed by atoms with Gasteiger partial charge in [0.25, 0.3) is 5.91 Å². The summed E-state index contributed by atoms with van der Waals surface area (Å²) < 4.78 is 13.5. The molecular formula is C15H18FNO3. The van der Waals surface area contributed by atoms with Gasteiger partial charge in [0.05, 0.1) is 5.92 Å². The van der Waals surface area contributed by atoms with Crippen LogP contribution in [0.1, 0.15) is 35.7 Å². The number of carbonyl (C=O) groups is 2. The molecule has 0 saturated heterocycles. The normalized spacial score (nSPS) is 15.8. The summed E-state index contributed by atoms with van der Waals surface area (Å²) in [5, 5.41) is 8.97. The van der Waals surface area contributed by atoms with Crippen molar-refractivity contribution < 1.29 is 19.1 Å². The SMILES string of the molecule is Cc1ccc(C(=O)N(C[C@@H](C)C(=O)O)C2CC2)cc1F. The van der Waals surface area contributed by atoms with E-state index >= 15 is 0 Å². The lowest BCUT2D eigenvalue weighted by atomic mass is 10.1. The second-order valence-corrected chi connectivity index (χ2v) is 5.39. The van der Waals surface area contributed by atoms with Crippen LogP contribution in [0.15, 0.2) is 18.2 Å². The third-order valence-electron chi connectivity index (χ3n) is 3.56. The Morgan fingerprint density at radius 2 is 2.10 bits per heavy atom. The predicted octanol–water partition coefficient (Wildman–Crippen LogP) is 2.46. The van der Waals surface area contributed by atoms with Crippen molar-refractivity contribution in [2.45, 2.75) is 32.7 Å². The molecule has 0 bridgehead atoms. The molecule has 0 radical (unpaired) electrons. The number of carboxylic acids is 1. The van der Waals surface area contributed by atoms with E-state index in [0.29, 0.717) is 5.56 Å². The maximum atomic E-state index is 13.5. The van der Waals surface area contributed by atoms with Crippen molar-refractivity contribution in [3.05, 3.63) is 35.1 Å². The summed E-state index contributed by atoms with van der Waals surface area (Å²) in [6.45, 7) is 3.36. The molecule has 0 spiro atoms. The highest BCUT2D eigenvalue weighted by molar-refractivity contribution is 5.95. The van der Waals surface area contributed by atoms with Crippen LogP contribution in [0.3, 0.4) is 0 Å². The topological polar surface area (TPSA) is 57.6 Å². The molecular weight excluding hydrogens is 261 g/mol. The Balaban J connectivity index is 2.18. The molecule has 1 aliphatic rings. The molecule has 2 rings (SSSR count). The molecule has 0 unspecified atom stereocenters. The van der Waals surface area contributed by atoms with E-state index < -0.39 is 17.7 Å². The fraction of sp³-hybridized carbons (Fsp3) is 0.467. The molecule has 20 heavy (non-hydrogen) atoms. The molecule has 1 atom stereocenters. The number of hydrogen-bond donors (Lipinski definition) is 1. The van der Waals surface area contributed by atoms with E-state index in [9.17, 15) is 14.0 Å². The quantitative estimate of drug-likeness (QED) is 0.900. The molecule has 4 nitrogen and oxygen atoms in total. The van der Waals surface area contributed by atoms with E-state index in [1.165, 1.54) is 6.07 Å². The minimum Gasteiger partial charge on any atom is -0.481 e. The van der Waals surface area contributed by atoms with Crippen LogP contribution in [-0.4, -0.2) is 34.5 Å². The first-order valence-corrected chi connectivity index (χ1v) is 6.70. The molecule has 0 aliphatic heterocycles. The largest absolute Gasteiger partial charge is 0.481 e. The molecule has 1 fully saturated rings. The zero-order valence-corrected chi connectivity index (χ0v) is 11.6. The van der Waals surface area contributed by atoms with Crippen molar-refractivity contribution >= 4 is 11.9 Å². The number of carboxylic acid groups (broad SMARTS) is 1. The first-order valence-electron chi connectivity index (χ1n) is 6.70. The molecule has 1 aromatic carbocycles. The van der Waals surface area contributed by atoms with E-state index in [-0.39, 0.29) is 24.1 Å². The molecule has 1 amide bonds. The number of aryl methyl sites for hydroxylation is 1. The maximum Gasteiger partial charge on any atom is 0.308 e. The summed E-state index contributed by atoms with van der Waals surface area (Å²) in [5.41, 5.74) is 0.760. The second kappa shape index (κ2) is 5.61. The Labute approximate surface area is 117 Å². The zero-order valence-electron chi connectivity index (χ0n) is 11.6. The van der Waals surface area contributed by atoms with E-state index in [1.807, 2.05) is 0 Å². The zero-order chi connectivity index (χ0) is 14.9. The molecule has 1 aliphatic carbocycles. The smallest absolute Gasteiger partial charge is 0.308 e. The van der Waals surface area contributed by atoms with Crippen molar-refractivity contribution in [3.8, 4) is 0 Å². The van der Waals surface area contributed by atoms with Gasteiger partial charge >= 0.3 is 5.97 Å². The number of benzene rings is 1. The van der Waals surface area contributed by atoms with E-state index in [2.05, 4.69) is 0 Å². The van der Waals surface area contributed by atoms with Crippen LogP contribution in [0.25, 0.3) is 0 Å². The fourth-order valence-electron chi connectivity index (χ4n) is 2.05. The number of halogens is 1. The molecule has 0 aromatic heterocycles. The molecule has 1 N–H and O–H groups in total. The lowest BCUT2D eigenvalue weighted by molar-refractivity contribution is -0.141. The van der Waals surface area contributed by atoms with Crippen LogP contribution < -0.4 is 0 Å². The number of amides is 1. The van der Waals surface area contributed by atoms with Gasteiger partial charge in [-0.3, -0.25) is 9.59 Å². The fourth-order valence-corrected chi connectivity index (χ4v) is 2.05. The van der Waals surface area contributed by atoms with Gasteiger partial charge in [-0.1, -0.05) is 13.0 Å². The summed E-state index contributed by atoms with van der Waals surface area (Å²) in [5.74, 6) is -2.27. The second-order valence-electron chi connectivity index (χ2n) is 5.39. The lowest BCUT2D eigenvalue weighted by Crippen LogP contribution is -2.38. The summed E-state index contributed by atoms with van der Waals surface area (Å²) >= 11 is 0.